The lowest BCUT2D eigenvalue weighted by atomic mass is 9.78. The molecule has 0 bridgehead atoms. The summed E-state index contributed by atoms with van der Waals surface area (Å²) in [5, 5.41) is 0. The van der Waals surface area contributed by atoms with Gasteiger partial charge in [-0.2, -0.15) is 0 Å². The highest BCUT2D eigenvalue weighted by atomic mass is 19.1. The van der Waals surface area contributed by atoms with Crippen LogP contribution in [0.5, 0.6) is 5.75 Å². The first-order valence-electron chi connectivity index (χ1n) is 7.98. The second kappa shape index (κ2) is 5.34. The van der Waals surface area contributed by atoms with Crippen LogP contribution >= 0.6 is 0 Å². The van der Waals surface area contributed by atoms with Gasteiger partial charge < -0.3 is 9.47 Å². The summed E-state index contributed by atoms with van der Waals surface area (Å²) in [7, 11) is 1.84. The average molecular weight is 314 g/mol. The van der Waals surface area contributed by atoms with Crippen molar-refractivity contribution in [3.63, 3.8) is 0 Å². The SMILES string of the molecule is BC1c2c(ccc(C)c2F)-c2ccc(OC3CCCO3)c(F)c21. The quantitative estimate of drug-likeness (QED) is 0.790. The predicted octanol–water partition coefficient (Wildman–Crippen LogP) is 3.49. The maximum Gasteiger partial charge on any atom is 0.200 e. The molecule has 1 fully saturated rings. The summed E-state index contributed by atoms with van der Waals surface area (Å²) in [6.45, 7) is 2.37. The fourth-order valence-corrected chi connectivity index (χ4v) is 3.61. The zero-order valence-corrected chi connectivity index (χ0v) is 13.2. The van der Waals surface area contributed by atoms with E-state index in [4.69, 9.17) is 9.47 Å². The Bertz CT molecular complexity index is 785. The molecule has 2 nitrogen and oxygen atoms in total. The molecule has 0 N–H and O–H groups in total. The van der Waals surface area contributed by atoms with Crippen molar-refractivity contribution in [1.29, 1.82) is 0 Å². The summed E-state index contributed by atoms with van der Waals surface area (Å²) in [4.78, 5) is 0. The van der Waals surface area contributed by atoms with E-state index in [1.807, 2.05) is 20.0 Å². The first kappa shape index (κ1) is 14.7. The lowest BCUT2D eigenvalue weighted by Gasteiger charge is -2.16. The maximum atomic E-state index is 15.0. The summed E-state index contributed by atoms with van der Waals surface area (Å²) in [6, 6.07) is 7.05. The minimum atomic E-state index is -0.404. The first-order valence-corrected chi connectivity index (χ1v) is 7.98. The van der Waals surface area contributed by atoms with E-state index in [9.17, 15) is 8.78 Å². The van der Waals surface area contributed by atoms with Crippen LogP contribution in [-0.2, 0) is 4.74 Å². The number of aryl methyl sites for hydroxylation is 1. The Balaban J connectivity index is 1.79. The van der Waals surface area contributed by atoms with Crippen LogP contribution in [0.15, 0.2) is 24.3 Å². The van der Waals surface area contributed by atoms with Crippen LogP contribution in [0.25, 0.3) is 11.1 Å². The van der Waals surface area contributed by atoms with Crippen molar-refractivity contribution in [2.24, 2.45) is 0 Å². The summed E-state index contributed by atoms with van der Waals surface area (Å²) in [6.07, 6.45) is 1.30. The van der Waals surface area contributed by atoms with Gasteiger partial charge in [0.15, 0.2) is 17.9 Å². The highest BCUT2D eigenvalue weighted by Crippen LogP contribution is 2.48. The van der Waals surface area contributed by atoms with Gasteiger partial charge in [-0.15, -0.1) is 0 Å². The van der Waals surface area contributed by atoms with Gasteiger partial charge in [-0.25, -0.2) is 8.78 Å². The van der Waals surface area contributed by atoms with E-state index in [-0.39, 0.29) is 23.7 Å². The zero-order chi connectivity index (χ0) is 16.1. The molecule has 1 aliphatic carbocycles. The van der Waals surface area contributed by atoms with E-state index in [0.29, 0.717) is 23.3 Å². The molecule has 2 aliphatic rings. The third-order valence-corrected chi connectivity index (χ3v) is 4.82. The molecule has 1 heterocycles. The monoisotopic (exact) mass is 314 g/mol. The minimum Gasteiger partial charge on any atom is -0.462 e. The average Bonchev–Trinajstić information content (AvgIpc) is 3.13. The molecule has 2 unspecified atom stereocenters. The molecule has 2 aromatic rings. The van der Waals surface area contributed by atoms with Crippen LogP contribution in [0.3, 0.4) is 0 Å². The zero-order valence-electron chi connectivity index (χ0n) is 13.2. The lowest BCUT2D eigenvalue weighted by molar-refractivity contribution is -0.0411. The molecule has 0 spiro atoms. The van der Waals surface area contributed by atoms with E-state index in [2.05, 4.69) is 0 Å². The topological polar surface area (TPSA) is 18.5 Å². The largest absolute Gasteiger partial charge is 0.462 e. The Labute approximate surface area is 134 Å². The van der Waals surface area contributed by atoms with Gasteiger partial charge in [0.05, 0.1) is 6.61 Å². The smallest absolute Gasteiger partial charge is 0.200 e. The molecule has 0 aromatic heterocycles. The normalized spacial score (nSPS) is 22.0. The maximum absolute atomic E-state index is 15.0. The Kier molecular flexibility index (Phi) is 3.41. The van der Waals surface area contributed by atoms with Crippen molar-refractivity contribution in [2.75, 3.05) is 6.61 Å². The summed E-state index contributed by atoms with van der Waals surface area (Å²) in [5.74, 6) is -0.786. The summed E-state index contributed by atoms with van der Waals surface area (Å²) in [5.41, 5.74) is 3.20. The minimum absolute atomic E-state index is 0.187. The Morgan fingerprint density at radius 1 is 1.09 bits per heavy atom. The molecular weight excluding hydrogens is 297 g/mol. The van der Waals surface area contributed by atoms with Gasteiger partial charge in [-0.3, -0.25) is 0 Å². The Morgan fingerprint density at radius 3 is 2.48 bits per heavy atom. The summed E-state index contributed by atoms with van der Waals surface area (Å²) >= 11 is 0. The van der Waals surface area contributed by atoms with Crippen molar-refractivity contribution in [3.05, 3.63) is 52.6 Å². The van der Waals surface area contributed by atoms with Gasteiger partial charge in [-0.1, -0.05) is 18.2 Å². The van der Waals surface area contributed by atoms with E-state index >= 15 is 0 Å². The van der Waals surface area contributed by atoms with Crippen molar-refractivity contribution in [3.8, 4) is 16.9 Å². The second-order valence-corrected chi connectivity index (χ2v) is 6.28. The van der Waals surface area contributed by atoms with Gasteiger partial charge in [0, 0.05) is 6.42 Å². The number of hydrogen-bond acceptors (Lipinski definition) is 2. The molecule has 0 radical (unpaired) electrons. The third kappa shape index (κ3) is 2.18. The van der Waals surface area contributed by atoms with Gasteiger partial charge in [0.1, 0.15) is 13.7 Å². The predicted molar refractivity (Wildman–Crippen MR) is 86.5 cm³/mol. The fourth-order valence-electron chi connectivity index (χ4n) is 3.61. The fraction of sp³-hybridized carbons (Fsp3) is 0.333. The summed E-state index contributed by atoms with van der Waals surface area (Å²) < 4.78 is 40.5. The van der Waals surface area contributed by atoms with E-state index < -0.39 is 5.82 Å². The molecule has 4 rings (SSSR count). The Hall–Kier alpha value is -1.88. The number of hydrogen-bond donors (Lipinski definition) is 0. The second-order valence-electron chi connectivity index (χ2n) is 6.28. The van der Waals surface area contributed by atoms with E-state index in [1.54, 1.807) is 19.1 Å². The molecule has 0 saturated carbocycles. The van der Waals surface area contributed by atoms with Crippen molar-refractivity contribution < 1.29 is 18.3 Å². The molecule has 0 amide bonds. The Morgan fingerprint density at radius 2 is 1.78 bits per heavy atom. The van der Waals surface area contributed by atoms with E-state index in [1.165, 1.54) is 0 Å². The molecule has 2 aromatic carbocycles. The molecular formula is C18H17BF2O2. The molecule has 1 aliphatic heterocycles. The highest BCUT2D eigenvalue weighted by Gasteiger charge is 2.33. The van der Waals surface area contributed by atoms with Gasteiger partial charge in [0.2, 0.25) is 0 Å². The van der Waals surface area contributed by atoms with E-state index in [0.717, 1.165) is 24.0 Å². The van der Waals surface area contributed by atoms with Gasteiger partial charge in [0.25, 0.3) is 0 Å². The standard InChI is InChI=1S/C18H17BF2O2/c1-9-4-5-10-11-6-7-12(23-13-3-2-8-22-13)18(21)15(11)16(19)14(10)17(9)20/h4-7,13,16H,2-3,8,19H2,1H3. The number of fused-ring (bicyclic) bond motifs is 3. The van der Waals surface area contributed by atoms with Crippen LogP contribution in [0.4, 0.5) is 8.78 Å². The third-order valence-electron chi connectivity index (χ3n) is 4.82. The number of rotatable bonds is 2. The van der Waals surface area contributed by atoms with Crippen molar-refractivity contribution in [2.45, 2.75) is 31.9 Å². The molecule has 2 atom stereocenters. The highest BCUT2D eigenvalue weighted by molar-refractivity contribution is 6.17. The lowest BCUT2D eigenvalue weighted by Crippen LogP contribution is -2.15. The van der Waals surface area contributed by atoms with Crippen LogP contribution < -0.4 is 4.74 Å². The molecule has 1 saturated heterocycles. The molecule has 23 heavy (non-hydrogen) atoms. The molecule has 118 valence electrons. The first-order chi connectivity index (χ1) is 11.1. The van der Waals surface area contributed by atoms with Crippen LogP contribution in [0.1, 0.15) is 35.3 Å². The van der Waals surface area contributed by atoms with Crippen molar-refractivity contribution >= 4 is 7.85 Å². The van der Waals surface area contributed by atoms with Crippen LogP contribution in [0, 0.1) is 18.6 Å². The number of benzene rings is 2. The number of halogens is 2. The van der Waals surface area contributed by atoms with Crippen LogP contribution in [0.2, 0.25) is 0 Å². The van der Waals surface area contributed by atoms with Crippen molar-refractivity contribution in [1.82, 2.24) is 0 Å². The van der Waals surface area contributed by atoms with Gasteiger partial charge in [-0.05, 0) is 53.0 Å². The molecule has 5 heteroatoms. The number of ether oxygens (including phenoxy) is 2. The van der Waals surface area contributed by atoms with Crippen LogP contribution in [-0.4, -0.2) is 20.7 Å². The van der Waals surface area contributed by atoms with Gasteiger partial charge >= 0.3 is 0 Å².